The molecule has 0 unspecified atom stereocenters. The largest absolute Gasteiger partial charge is 0.480 e. The van der Waals surface area contributed by atoms with Gasteiger partial charge in [0.25, 0.3) is 0 Å². The fraction of sp³-hybridized carbons (Fsp3) is 0.286. The minimum absolute atomic E-state index is 0.755. The summed E-state index contributed by atoms with van der Waals surface area (Å²) in [4.78, 5) is 13.2. The number of nitrogens with zero attached hydrogens (tertiary/aromatic N) is 1. The number of allylic oxidation sites excluding steroid dienone is 1. The van der Waals surface area contributed by atoms with E-state index in [1.54, 1.807) is 19.9 Å². The number of carboxylic acids is 1. The predicted molar refractivity (Wildman–Crippen MR) is 98.6 cm³/mol. The van der Waals surface area contributed by atoms with E-state index >= 15 is 0 Å². The summed E-state index contributed by atoms with van der Waals surface area (Å²) in [5.41, 5.74) is 0.279. The zero-order valence-corrected chi connectivity index (χ0v) is 14.4. The Morgan fingerprint density at radius 3 is 2.67 bits per heavy atom. The maximum atomic E-state index is 11.0. The van der Waals surface area contributed by atoms with Crippen molar-refractivity contribution in [3.63, 3.8) is 0 Å². The van der Waals surface area contributed by atoms with Crippen molar-refractivity contribution in [2.75, 3.05) is 13.6 Å². The van der Waals surface area contributed by atoms with E-state index in [2.05, 4.69) is 66.3 Å². The van der Waals surface area contributed by atoms with Crippen LogP contribution in [0.4, 0.5) is 0 Å². The van der Waals surface area contributed by atoms with E-state index in [9.17, 15) is 4.79 Å². The normalized spacial score (nSPS) is 11.7. The van der Waals surface area contributed by atoms with E-state index in [4.69, 9.17) is 5.11 Å². The standard InChI is InChI=1S/C21H23NO2/c1-21(2,20(23)24)14-7-4-8-15-22(3)16-18-12-9-11-17-10-5-6-13-19(17)18/h4-6,8-13H,15-16H2,1-3H3,(H,23,24)/b8-4-. The second kappa shape index (κ2) is 7.81. The van der Waals surface area contributed by atoms with E-state index in [0.717, 1.165) is 13.1 Å². The summed E-state index contributed by atoms with van der Waals surface area (Å²) in [6.45, 7) is 4.80. The predicted octanol–water partition coefficient (Wildman–Crippen LogP) is 3.94. The molecule has 0 bridgehead atoms. The van der Waals surface area contributed by atoms with Crippen LogP contribution in [0.1, 0.15) is 19.4 Å². The number of fused-ring (bicyclic) bond motifs is 1. The van der Waals surface area contributed by atoms with Crippen LogP contribution in [0.3, 0.4) is 0 Å². The van der Waals surface area contributed by atoms with Crippen LogP contribution in [0.25, 0.3) is 10.8 Å². The summed E-state index contributed by atoms with van der Waals surface area (Å²) in [5, 5.41) is 11.5. The molecule has 3 nitrogen and oxygen atoms in total. The number of benzene rings is 2. The molecule has 0 aliphatic heterocycles. The number of carbonyl (C=O) groups is 1. The number of hydrogen-bond donors (Lipinski definition) is 1. The van der Waals surface area contributed by atoms with Gasteiger partial charge in [-0.1, -0.05) is 60.4 Å². The molecule has 0 amide bonds. The van der Waals surface area contributed by atoms with Crippen LogP contribution < -0.4 is 0 Å². The zero-order chi connectivity index (χ0) is 17.6. The van der Waals surface area contributed by atoms with Crippen molar-refractivity contribution in [2.45, 2.75) is 20.4 Å². The smallest absolute Gasteiger partial charge is 0.321 e. The second-order valence-electron chi connectivity index (χ2n) is 6.44. The zero-order valence-electron chi connectivity index (χ0n) is 14.4. The molecule has 2 aromatic carbocycles. The highest BCUT2D eigenvalue weighted by molar-refractivity contribution is 5.85. The van der Waals surface area contributed by atoms with Gasteiger partial charge in [0.05, 0.1) is 0 Å². The molecule has 0 aliphatic rings. The highest BCUT2D eigenvalue weighted by atomic mass is 16.4. The van der Waals surface area contributed by atoms with Gasteiger partial charge in [0.15, 0.2) is 0 Å². The molecular formula is C21H23NO2. The van der Waals surface area contributed by atoms with E-state index in [1.165, 1.54) is 16.3 Å². The van der Waals surface area contributed by atoms with Crippen LogP contribution >= 0.6 is 0 Å². The van der Waals surface area contributed by atoms with E-state index in [1.807, 2.05) is 6.08 Å². The number of hydrogen-bond acceptors (Lipinski definition) is 2. The van der Waals surface area contributed by atoms with Gasteiger partial charge >= 0.3 is 5.97 Å². The molecule has 0 spiro atoms. The monoisotopic (exact) mass is 321 g/mol. The Balaban J connectivity index is 1.96. The van der Waals surface area contributed by atoms with Gasteiger partial charge < -0.3 is 5.11 Å². The SMILES string of the molecule is CN(C/C=C\C#CC(C)(C)C(=O)O)Cc1cccc2ccccc12. The first-order chi connectivity index (χ1) is 11.4. The Labute approximate surface area is 143 Å². The van der Waals surface area contributed by atoms with Gasteiger partial charge in [-0.25, -0.2) is 0 Å². The maximum Gasteiger partial charge on any atom is 0.321 e. The number of likely N-dealkylation sites (N-methyl/N-ethyl adjacent to an activating group) is 1. The van der Waals surface area contributed by atoms with Gasteiger partial charge in [0, 0.05) is 13.1 Å². The molecule has 0 atom stereocenters. The lowest BCUT2D eigenvalue weighted by Crippen LogP contribution is -2.21. The fourth-order valence-corrected chi connectivity index (χ4v) is 2.35. The molecule has 124 valence electrons. The summed E-state index contributed by atoms with van der Waals surface area (Å²) in [5.74, 6) is 4.66. The topological polar surface area (TPSA) is 40.5 Å². The third kappa shape index (κ3) is 4.71. The molecule has 0 aromatic heterocycles. The van der Waals surface area contributed by atoms with Crippen LogP contribution in [0.2, 0.25) is 0 Å². The minimum atomic E-state index is -1.01. The first kappa shape index (κ1) is 17.8. The quantitative estimate of drug-likeness (QED) is 0.848. The van der Waals surface area contributed by atoms with Crippen molar-refractivity contribution in [2.24, 2.45) is 5.41 Å². The first-order valence-corrected chi connectivity index (χ1v) is 7.96. The third-order valence-electron chi connectivity index (χ3n) is 3.86. The Morgan fingerprint density at radius 2 is 1.92 bits per heavy atom. The fourth-order valence-electron chi connectivity index (χ4n) is 2.35. The van der Waals surface area contributed by atoms with E-state index in [-0.39, 0.29) is 0 Å². The van der Waals surface area contributed by atoms with Crippen LogP contribution in [0.5, 0.6) is 0 Å². The summed E-state index contributed by atoms with van der Waals surface area (Å²) in [6.07, 6.45) is 3.68. The van der Waals surface area contributed by atoms with Gasteiger partial charge in [-0.2, -0.15) is 0 Å². The molecule has 1 N–H and O–H groups in total. The van der Waals surface area contributed by atoms with Gasteiger partial charge in [-0.15, -0.1) is 0 Å². The average molecular weight is 321 g/mol. The average Bonchev–Trinajstić information content (AvgIpc) is 2.54. The molecule has 0 saturated carbocycles. The number of aliphatic carboxylic acids is 1. The molecule has 0 heterocycles. The van der Waals surface area contributed by atoms with Gasteiger partial charge in [0.1, 0.15) is 5.41 Å². The Bertz CT molecular complexity index is 804. The van der Waals surface area contributed by atoms with Crippen molar-refractivity contribution in [3.05, 3.63) is 60.2 Å². The summed E-state index contributed by atoms with van der Waals surface area (Å²) in [7, 11) is 2.06. The van der Waals surface area contributed by atoms with E-state index in [0.29, 0.717) is 0 Å². The minimum Gasteiger partial charge on any atom is -0.480 e. The van der Waals surface area contributed by atoms with Crippen LogP contribution in [-0.4, -0.2) is 29.6 Å². The number of rotatable bonds is 5. The molecule has 2 aromatic rings. The molecule has 24 heavy (non-hydrogen) atoms. The van der Waals surface area contributed by atoms with Crippen LogP contribution in [0.15, 0.2) is 54.6 Å². The van der Waals surface area contributed by atoms with Crippen LogP contribution in [-0.2, 0) is 11.3 Å². The summed E-state index contributed by atoms with van der Waals surface area (Å²) < 4.78 is 0. The van der Waals surface area contributed by atoms with Crippen molar-refractivity contribution in [1.82, 2.24) is 4.90 Å². The molecular weight excluding hydrogens is 298 g/mol. The Hall–Kier alpha value is -2.57. The highest BCUT2D eigenvalue weighted by Crippen LogP contribution is 2.19. The summed E-state index contributed by atoms with van der Waals surface area (Å²) in [6, 6.07) is 14.7. The van der Waals surface area contributed by atoms with Gasteiger partial charge in [0.2, 0.25) is 0 Å². The van der Waals surface area contributed by atoms with Crippen molar-refractivity contribution >= 4 is 16.7 Å². The summed E-state index contributed by atoms with van der Waals surface area (Å²) >= 11 is 0. The molecule has 0 fully saturated rings. The van der Waals surface area contributed by atoms with Crippen LogP contribution in [0, 0.1) is 17.3 Å². The first-order valence-electron chi connectivity index (χ1n) is 7.96. The second-order valence-corrected chi connectivity index (χ2v) is 6.44. The van der Waals surface area contributed by atoms with Gasteiger partial charge in [-0.3, -0.25) is 9.69 Å². The van der Waals surface area contributed by atoms with Crippen molar-refractivity contribution in [3.8, 4) is 11.8 Å². The molecule has 2 rings (SSSR count). The molecule has 0 radical (unpaired) electrons. The lowest BCUT2D eigenvalue weighted by molar-refractivity contribution is -0.143. The van der Waals surface area contributed by atoms with E-state index < -0.39 is 11.4 Å². The highest BCUT2D eigenvalue weighted by Gasteiger charge is 2.23. The molecule has 3 heteroatoms. The molecule has 0 saturated heterocycles. The van der Waals surface area contributed by atoms with Crippen molar-refractivity contribution in [1.29, 1.82) is 0 Å². The lowest BCUT2D eigenvalue weighted by Gasteiger charge is -2.16. The Morgan fingerprint density at radius 1 is 1.21 bits per heavy atom. The molecule has 0 aliphatic carbocycles. The lowest BCUT2D eigenvalue weighted by atomic mass is 9.95. The van der Waals surface area contributed by atoms with Gasteiger partial charge in [-0.05, 0) is 43.3 Å². The Kier molecular flexibility index (Phi) is 5.78. The van der Waals surface area contributed by atoms with Crippen molar-refractivity contribution < 1.29 is 9.90 Å². The number of carboxylic acid groups (broad SMARTS) is 1. The maximum absolute atomic E-state index is 11.0. The third-order valence-corrected chi connectivity index (χ3v) is 3.86.